The number of rotatable bonds is 5. The third-order valence-corrected chi connectivity index (χ3v) is 4.60. The van der Waals surface area contributed by atoms with E-state index in [1.54, 1.807) is 12.3 Å². The van der Waals surface area contributed by atoms with Crippen LogP contribution in [0.3, 0.4) is 0 Å². The Labute approximate surface area is 152 Å². The third-order valence-electron chi connectivity index (χ3n) is 4.30. The lowest BCUT2D eigenvalue weighted by molar-refractivity contribution is -0.122. The summed E-state index contributed by atoms with van der Waals surface area (Å²) in [7, 11) is 0. The highest BCUT2D eigenvalue weighted by Crippen LogP contribution is 2.40. The minimum absolute atomic E-state index is 0.0234. The molecule has 0 bridgehead atoms. The van der Waals surface area contributed by atoms with Crippen LogP contribution >= 0.6 is 11.6 Å². The molecule has 3 aromatic rings. The van der Waals surface area contributed by atoms with Gasteiger partial charge in [-0.15, -0.1) is 5.10 Å². The van der Waals surface area contributed by atoms with Gasteiger partial charge in [0, 0.05) is 18.3 Å². The molecule has 0 spiro atoms. The third kappa shape index (κ3) is 3.20. The van der Waals surface area contributed by atoms with Crippen molar-refractivity contribution in [2.75, 3.05) is 0 Å². The van der Waals surface area contributed by atoms with Gasteiger partial charge in [-0.3, -0.25) is 4.79 Å². The number of halogens is 2. The first-order chi connectivity index (χ1) is 12.5. The Morgan fingerprint density at radius 3 is 2.88 bits per heavy atom. The molecule has 0 atom stereocenters. The van der Waals surface area contributed by atoms with E-state index in [9.17, 15) is 14.0 Å². The van der Waals surface area contributed by atoms with Gasteiger partial charge < -0.3 is 5.32 Å². The lowest BCUT2D eigenvalue weighted by Crippen LogP contribution is -2.32. The molecule has 1 amide bonds. The molecule has 26 heavy (non-hydrogen) atoms. The number of amides is 1. The number of aromatic nitrogens is 4. The van der Waals surface area contributed by atoms with Crippen molar-refractivity contribution in [1.82, 2.24) is 24.7 Å². The number of nitrogens with one attached hydrogen (secondary N) is 1. The van der Waals surface area contributed by atoms with Gasteiger partial charge in [0.25, 0.3) is 0 Å². The number of hydrogen-bond acceptors (Lipinski definition) is 4. The van der Waals surface area contributed by atoms with Crippen molar-refractivity contribution in [3.8, 4) is 0 Å². The average molecular weight is 376 g/mol. The summed E-state index contributed by atoms with van der Waals surface area (Å²) in [6, 6.07) is 6.16. The second kappa shape index (κ2) is 6.53. The van der Waals surface area contributed by atoms with Gasteiger partial charge in [0.2, 0.25) is 5.91 Å². The first kappa shape index (κ1) is 16.7. The van der Waals surface area contributed by atoms with E-state index >= 15 is 0 Å². The summed E-state index contributed by atoms with van der Waals surface area (Å²) in [5, 5.41) is 10.9. The van der Waals surface area contributed by atoms with Crippen LogP contribution in [0.1, 0.15) is 29.9 Å². The maximum Gasteiger partial charge on any atom is 0.367 e. The highest BCUT2D eigenvalue weighted by molar-refractivity contribution is 6.30. The Morgan fingerprint density at radius 1 is 1.35 bits per heavy atom. The molecule has 0 radical (unpaired) electrons. The van der Waals surface area contributed by atoms with Crippen LogP contribution < -0.4 is 11.0 Å². The summed E-state index contributed by atoms with van der Waals surface area (Å²) in [5.74, 6) is -0.545. The minimum Gasteiger partial charge on any atom is -0.350 e. The molecule has 0 unspecified atom stereocenters. The average Bonchev–Trinajstić information content (AvgIpc) is 3.42. The van der Waals surface area contributed by atoms with Crippen LogP contribution in [0.4, 0.5) is 4.39 Å². The van der Waals surface area contributed by atoms with E-state index in [0.29, 0.717) is 17.1 Å². The summed E-state index contributed by atoms with van der Waals surface area (Å²) in [4.78, 5) is 24.5. The maximum atomic E-state index is 13.4. The smallest absolute Gasteiger partial charge is 0.350 e. The van der Waals surface area contributed by atoms with Gasteiger partial charge >= 0.3 is 5.69 Å². The van der Waals surface area contributed by atoms with Gasteiger partial charge in [-0.25, -0.2) is 13.9 Å². The SMILES string of the molecule is O=C(Cn1nc2c(C3CC3)ccnn2c1=O)NCc1ccc(Cl)c(F)c1. The number of hydrogen-bond donors (Lipinski definition) is 1. The van der Waals surface area contributed by atoms with Crippen LogP contribution in [0.25, 0.3) is 5.65 Å². The second-order valence-corrected chi connectivity index (χ2v) is 6.67. The number of carbonyl (C=O) groups is 1. The van der Waals surface area contributed by atoms with E-state index in [1.165, 1.54) is 16.6 Å². The molecule has 1 aliphatic carbocycles. The standard InChI is InChI=1S/C17H15ClFN5O2/c18-13-4-1-10(7-14(13)19)8-20-15(25)9-23-17(26)24-16(22-23)12(5-6-21-24)11-2-3-11/h1,4-7,11H,2-3,8-9H2,(H,20,25). The molecule has 1 N–H and O–H groups in total. The van der Waals surface area contributed by atoms with Gasteiger partial charge in [0.15, 0.2) is 5.65 Å². The van der Waals surface area contributed by atoms with E-state index in [0.717, 1.165) is 23.1 Å². The zero-order valence-corrected chi connectivity index (χ0v) is 14.4. The summed E-state index contributed by atoms with van der Waals surface area (Å²) in [5.41, 5.74) is 1.58. The second-order valence-electron chi connectivity index (χ2n) is 6.26. The molecule has 7 nitrogen and oxygen atoms in total. The van der Waals surface area contributed by atoms with Gasteiger partial charge in [-0.2, -0.15) is 9.61 Å². The maximum absolute atomic E-state index is 13.4. The van der Waals surface area contributed by atoms with E-state index in [1.807, 2.05) is 6.07 Å². The Bertz CT molecular complexity index is 1060. The predicted molar refractivity (Wildman–Crippen MR) is 92.5 cm³/mol. The summed E-state index contributed by atoms with van der Waals surface area (Å²) in [6.45, 7) is -0.108. The molecule has 0 saturated heterocycles. The Morgan fingerprint density at radius 2 is 2.15 bits per heavy atom. The van der Waals surface area contributed by atoms with Crippen LogP contribution in [0.2, 0.25) is 5.02 Å². The molecule has 134 valence electrons. The van der Waals surface area contributed by atoms with Crippen molar-refractivity contribution in [2.45, 2.75) is 31.8 Å². The Kier molecular flexibility index (Phi) is 4.20. The van der Waals surface area contributed by atoms with E-state index in [2.05, 4.69) is 15.5 Å². The van der Waals surface area contributed by atoms with Gasteiger partial charge in [-0.05, 0) is 42.5 Å². The van der Waals surface area contributed by atoms with Gasteiger partial charge in [-0.1, -0.05) is 17.7 Å². The normalized spacial score (nSPS) is 13.9. The summed E-state index contributed by atoms with van der Waals surface area (Å²) < 4.78 is 15.7. The van der Waals surface area contributed by atoms with Crippen LogP contribution in [-0.4, -0.2) is 25.3 Å². The molecule has 4 rings (SSSR count). The first-order valence-corrected chi connectivity index (χ1v) is 8.56. The Balaban J connectivity index is 1.49. The van der Waals surface area contributed by atoms with E-state index in [4.69, 9.17) is 11.6 Å². The number of benzene rings is 1. The lowest BCUT2D eigenvalue weighted by atomic mass is 10.2. The zero-order valence-electron chi connectivity index (χ0n) is 13.7. The van der Waals surface area contributed by atoms with E-state index < -0.39 is 17.4 Å². The lowest BCUT2D eigenvalue weighted by Gasteiger charge is -2.05. The molecule has 0 aliphatic heterocycles. The topological polar surface area (TPSA) is 81.3 Å². The van der Waals surface area contributed by atoms with Gasteiger partial charge in [0.05, 0.1) is 5.02 Å². The molecular weight excluding hydrogens is 361 g/mol. The molecule has 1 fully saturated rings. The summed E-state index contributed by atoms with van der Waals surface area (Å²) in [6.07, 6.45) is 3.71. The van der Waals surface area contributed by atoms with Crippen LogP contribution in [-0.2, 0) is 17.9 Å². The Hall–Kier alpha value is -2.74. The molecule has 1 aliphatic rings. The largest absolute Gasteiger partial charge is 0.367 e. The zero-order chi connectivity index (χ0) is 18.3. The summed E-state index contributed by atoms with van der Waals surface area (Å²) >= 11 is 5.63. The first-order valence-electron chi connectivity index (χ1n) is 8.18. The van der Waals surface area contributed by atoms with Crippen LogP contribution in [0, 0.1) is 5.82 Å². The fourth-order valence-electron chi connectivity index (χ4n) is 2.80. The highest BCUT2D eigenvalue weighted by Gasteiger charge is 2.27. The van der Waals surface area contributed by atoms with Crippen molar-refractivity contribution >= 4 is 23.2 Å². The number of nitrogens with zero attached hydrogens (tertiary/aromatic N) is 4. The molecule has 1 aromatic carbocycles. The van der Waals surface area contributed by atoms with Crippen molar-refractivity contribution in [1.29, 1.82) is 0 Å². The van der Waals surface area contributed by atoms with E-state index in [-0.39, 0.29) is 18.1 Å². The quantitative estimate of drug-likeness (QED) is 0.738. The van der Waals surface area contributed by atoms with Crippen molar-refractivity contribution < 1.29 is 9.18 Å². The molecule has 2 heterocycles. The number of fused-ring (bicyclic) bond motifs is 1. The molecular formula is C17H15ClFN5O2. The minimum atomic E-state index is -0.548. The van der Waals surface area contributed by atoms with Crippen LogP contribution in [0.15, 0.2) is 35.3 Å². The number of carbonyl (C=O) groups excluding carboxylic acids is 1. The highest BCUT2D eigenvalue weighted by atomic mass is 35.5. The van der Waals surface area contributed by atoms with Gasteiger partial charge in [0.1, 0.15) is 12.4 Å². The predicted octanol–water partition coefficient (Wildman–Crippen LogP) is 1.88. The van der Waals surface area contributed by atoms with Crippen molar-refractivity contribution in [3.05, 3.63) is 62.9 Å². The molecule has 1 saturated carbocycles. The molecule has 9 heteroatoms. The monoisotopic (exact) mass is 375 g/mol. The molecule has 2 aromatic heterocycles. The fourth-order valence-corrected chi connectivity index (χ4v) is 2.91. The fraction of sp³-hybridized carbons (Fsp3) is 0.294. The van der Waals surface area contributed by atoms with Crippen LogP contribution in [0.5, 0.6) is 0 Å². The van der Waals surface area contributed by atoms with Crippen molar-refractivity contribution in [3.63, 3.8) is 0 Å². The van der Waals surface area contributed by atoms with Crippen molar-refractivity contribution in [2.24, 2.45) is 0 Å².